The van der Waals surface area contributed by atoms with Crippen LogP contribution in [0, 0.1) is 17.8 Å². The Hall–Kier alpha value is -2.76. The van der Waals surface area contributed by atoms with Crippen molar-refractivity contribution in [2.24, 2.45) is 49.7 Å². The predicted molar refractivity (Wildman–Crippen MR) is 112 cm³/mol. The van der Waals surface area contributed by atoms with E-state index in [1.807, 2.05) is 13.8 Å². The van der Waals surface area contributed by atoms with Crippen LogP contribution in [0.5, 0.6) is 0 Å². The Balaban J connectivity index is 1.66. The second-order valence-corrected chi connectivity index (χ2v) is 8.78. The molecule has 0 bridgehead atoms. The molecular formula is C18H25N7O4S. The summed E-state index contributed by atoms with van der Waals surface area (Å²) in [4.78, 5) is 43.0. The van der Waals surface area contributed by atoms with Crippen LogP contribution in [0.2, 0.25) is 0 Å². The molecule has 162 valence electrons. The molecule has 3 rings (SSSR count). The Morgan fingerprint density at radius 3 is 2.73 bits per heavy atom. The molecule has 0 radical (unpaired) electrons. The van der Waals surface area contributed by atoms with Gasteiger partial charge in [0.25, 0.3) is 0 Å². The second-order valence-electron chi connectivity index (χ2n) is 7.65. The van der Waals surface area contributed by atoms with Crippen LogP contribution in [0.1, 0.15) is 26.7 Å². The zero-order chi connectivity index (χ0) is 22.0. The van der Waals surface area contributed by atoms with Gasteiger partial charge in [0.2, 0.25) is 5.91 Å². The van der Waals surface area contributed by atoms with E-state index in [0.29, 0.717) is 17.2 Å². The van der Waals surface area contributed by atoms with Crippen molar-refractivity contribution >= 4 is 41.6 Å². The summed E-state index contributed by atoms with van der Waals surface area (Å²) in [5.41, 5.74) is 10.7. The molecule has 5 N–H and O–H groups in total. The number of rotatable bonds is 10. The van der Waals surface area contributed by atoms with E-state index in [0.717, 1.165) is 0 Å². The van der Waals surface area contributed by atoms with Crippen molar-refractivity contribution in [2.75, 3.05) is 12.3 Å². The SMILES string of the molecule is C[C@@H](CC(=O)CC1C=NN=N1)[C@H]1C(=O)N2C(C(=O)O)=C(SCCN=C(N)N)[C@H](C)[C@H]12. The number of amides is 1. The summed E-state index contributed by atoms with van der Waals surface area (Å²) in [6, 6.07) is -0.595. The minimum atomic E-state index is -1.13. The molecule has 1 amide bonds. The zero-order valence-electron chi connectivity index (χ0n) is 16.8. The van der Waals surface area contributed by atoms with E-state index in [9.17, 15) is 19.5 Å². The second kappa shape index (κ2) is 8.94. The van der Waals surface area contributed by atoms with Crippen molar-refractivity contribution in [1.29, 1.82) is 0 Å². The lowest BCUT2D eigenvalue weighted by Crippen LogP contribution is -2.62. The highest BCUT2D eigenvalue weighted by Gasteiger charge is 2.59. The van der Waals surface area contributed by atoms with Gasteiger partial charge in [-0.25, -0.2) is 4.79 Å². The van der Waals surface area contributed by atoms with Crippen molar-refractivity contribution in [3.05, 3.63) is 10.6 Å². The van der Waals surface area contributed by atoms with Gasteiger partial charge in [-0.05, 0) is 11.1 Å². The number of nitrogens with two attached hydrogens (primary N) is 2. The summed E-state index contributed by atoms with van der Waals surface area (Å²) >= 11 is 1.35. The quantitative estimate of drug-likeness (QED) is 0.194. The van der Waals surface area contributed by atoms with Crippen LogP contribution >= 0.6 is 11.8 Å². The highest BCUT2D eigenvalue weighted by molar-refractivity contribution is 8.03. The topological polar surface area (TPSA) is 176 Å². The number of hydrogen-bond acceptors (Lipinski definition) is 8. The summed E-state index contributed by atoms with van der Waals surface area (Å²) in [7, 11) is 0. The predicted octanol–water partition coefficient (Wildman–Crippen LogP) is 0.572. The maximum Gasteiger partial charge on any atom is 0.353 e. The fourth-order valence-corrected chi connectivity index (χ4v) is 5.39. The third kappa shape index (κ3) is 4.23. The molecular weight excluding hydrogens is 410 g/mol. The first-order valence-electron chi connectivity index (χ1n) is 9.66. The van der Waals surface area contributed by atoms with Crippen LogP contribution < -0.4 is 11.5 Å². The molecule has 0 aromatic rings. The number of fused-ring (bicyclic) bond motifs is 1. The molecule has 1 unspecified atom stereocenters. The van der Waals surface area contributed by atoms with E-state index >= 15 is 0 Å². The van der Waals surface area contributed by atoms with Crippen molar-refractivity contribution in [3.63, 3.8) is 0 Å². The van der Waals surface area contributed by atoms with E-state index in [1.165, 1.54) is 22.9 Å². The first-order chi connectivity index (χ1) is 14.2. The number of aliphatic imine (C=N–C) groups is 1. The number of nitrogens with zero attached hydrogens (tertiary/aromatic N) is 5. The summed E-state index contributed by atoms with van der Waals surface area (Å²) in [5, 5.41) is 20.7. The number of carbonyl (C=O) groups excluding carboxylic acids is 2. The lowest BCUT2D eigenvalue weighted by molar-refractivity contribution is -0.160. The lowest BCUT2D eigenvalue weighted by atomic mass is 9.73. The van der Waals surface area contributed by atoms with Gasteiger partial charge in [-0.15, -0.1) is 16.9 Å². The molecule has 0 aromatic carbocycles. The van der Waals surface area contributed by atoms with E-state index in [4.69, 9.17) is 11.5 Å². The van der Waals surface area contributed by atoms with Gasteiger partial charge in [-0.2, -0.15) is 5.11 Å². The largest absolute Gasteiger partial charge is 0.477 e. The van der Waals surface area contributed by atoms with Gasteiger partial charge in [0.05, 0.1) is 24.7 Å². The molecule has 0 spiro atoms. The number of guanidine groups is 1. The number of thioether (sulfide) groups is 1. The zero-order valence-corrected chi connectivity index (χ0v) is 17.6. The number of β-lactam (4-membered cyclic amide) rings is 1. The summed E-state index contributed by atoms with van der Waals surface area (Å²) in [6.07, 6.45) is 1.95. The maximum atomic E-state index is 12.8. The van der Waals surface area contributed by atoms with Gasteiger partial charge in [0, 0.05) is 29.4 Å². The number of aliphatic carboxylic acids is 1. The van der Waals surface area contributed by atoms with Crippen LogP contribution in [0.4, 0.5) is 0 Å². The van der Waals surface area contributed by atoms with Crippen LogP contribution in [-0.2, 0) is 14.4 Å². The van der Waals surface area contributed by atoms with Crippen molar-refractivity contribution in [2.45, 2.75) is 38.8 Å². The highest BCUT2D eigenvalue weighted by Crippen LogP contribution is 2.51. The lowest BCUT2D eigenvalue weighted by Gasteiger charge is -2.47. The minimum Gasteiger partial charge on any atom is -0.477 e. The average Bonchev–Trinajstić information content (AvgIpc) is 3.23. The number of Topliss-reactive ketones (excluding diaryl/α,β-unsaturated/α-hetero) is 1. The van der Waals surface area contributed by atoms with Gasteiger partial charge >= 0.3 is 5.97 Å². The fraction of sp³-hybridized carbons (Fsp3) is 0.611. The van der Waals surface area contributed by atoms with E-state index in [1.54, 1.807) is 0 Å². The standard InChI is InChI=1S/C18H25N7O4S/c1-8(5-11(26)6-10-7-22-24-23-10)12-13-9(2)15(30-4-3-21-18(19)20)14(17(28)29)25(13)16(12)27/h7-10,12-13H,3-6H2,1-2H3,(H,28,29)(H4,19,20,21)/t8-,9+,10?,12+,13+/m0/s1. The molecule has 0 saturated carbocycles. The Kier molecular flexibility index (Phi) is 6.54. The Labute approximate surface area is 177 Å². The fourth-order valence-electron chi connectivity index (χ4n) is 4.26. The molecule has 5 atom stereocenters. The maximum absolute atomic E-state index is 12.8. The Morgan fingerprint density at radius 1 is 1.40 bits per heavy atom. The number of carboxylic acid groups (broad SMARTS) is 1. The van der Waals surface area contributed by atoms with Crippen LogP contribution in [-0.4, -0.2) is 64.2 Å². The molecule has 3 heterocycles. The minimum absolute atomic E-state index is 0.0186. The van der Waals surface area contributed by atoms with Crippen LogP contribution in [0.15, 0.2) is 31.0 Å². The molecule has 0 aromatic heterocycles. The first-order valence-corrected chi connectivity index (χ1v) is 10.6. The molecule has 3 aliphatic rings. The van der Waals surface area contributed by atoms with Gasteiger partial charge in [-0.3, -0.25) is 14.6 Å². The Morgan fingerprint density at radius 2 is 2.13 bits per heavy atom. The molecule has 30 heavy (non-hydrogen) atoms. The van der Waals surface area contributed by atoms with Crippen molar-refractivity contribution < 1.29 is 19.5 Å². The van der Waals surface area contributed by atoms with E-state index < -0.39 is 11.9 Å². The van der Waals surface area contributed by atoms with E-state index in [2.05, 4.69) is 20.4 Å². The molecule has 1 fully saturated rings. The average molecular weight is 436 g/mol. The molecule has 0 aliphatic carbocycles. The third-order valence-corrected chi connectivity index (χ3v) is 6.79. The smallest absolute Gasteiger partial charge is 0.353 e. The molecule has 11 nitrogen and oxygen atoms in total. The van der Waals surface area contributed by atoms with Gasteiger partial charge in [0.15, 0.2) is 5.96 Å². The number of carboxylic acids is 1. The van der Waals surface area contributed by atoms with E-state index in [-0.39, 0.29) is 60.1 Å². The van der Waals surface area contributed by atoms with Crippen molar-refractivity contribution in [3.8, 4) is 0 Å². The summed E-state index contributed by atoms with van der Waals surface area (Å²) in [6.45, 7) is 4.13. The Bertz CT molecular complexity index is 853. The molecule has 12 heteroatoms. The third-order valence-electron chi connectivity index (χ3n) is 5.52. The van der Waals surface area contributed by atoms with Crippen LogP contribution in [0.3, 0.4) is 0 Å². The van der Waals surface area contributed by atoms with Gasteiger partial charge in [0.1, 0.15) is 17.5 Å². The monoisotopic (exact) mass is 435 g/mol. The van der Waals surface area contributed by atoms with Gasteiger partial charge in [-0.1, -0.05) is 13.8 Å². The molecule has 1 saturated heterocycles. The first kappa shape index (κ1) is 21.9. The summed E-state index contributed by atoms with van der Waals surface area (Å²) < 4.78 is 0. The number of ketones is 1. The summed E-state index contributed by atoms with van der Waals surface area (Å²) in [5.74, 6) is -1.66. The van der Waals surface area contributed by atoms with Crippen LogP contribution in [0.25, 0.3) is 0 Å². The number of carbonyl (C=O) groups is 3. The van der Waals surface area contributed by atoms with Crippen molar-refractivity contribution in [1.82, 2.24) is 4.90 Å². The highest BCUT2D eigenvalue weighted by atomic mass is 32.2. The van der Waals surface area contributed by atoms with Gasteiger partial charge < -0.3 is 21.5 Å². The molecule has 3 aliphatic heterocycles. The number of hydrogen-bond donors (Lipinski definition) is 3. The normalized spacial score (nSPS) is 27.8.